The van der Waals surface area contributed by atoms with Crippen molar-refractivity contribution in [3.05, 3.63) is 35.6 Å². The van der Waals surface area contributed by atoms with Crippen LogP contribution in [-0.4, -0.2) is 12.7 Å². The Bertz CT molecular complexity index is 344. The lowest BCUT2D eigenvalue weighted by Gasteiger charge is -2.45. The van der Waals surface area contributed by atoms with Crippen molar-refractivity contribution < 1.29 is 9.13 Å². The van der Waals surface area contributed by atoms with Gasteiger partial charge in [0.2, 0.25) is 0 Å². The molecule has 0 bridgehead atoms. The van der Waals surface area contributed by atoms with E-state index in [-0.39, 0.29) is 17.5 Å². The van der Waals surface area contributed by atoms with Crippen LogP contribution in [0.5, 0.6) is 0 Å². The van der Waals surface area contributed by atoms with Gasteiger partial charge in [-0.05, 0) is 37.0 Å². The monoisotopic (exact) mass is 209 g/mol. The van der Waals surface area contributed by atoms with E-state index < -0.39 is 0 Å². The third kappa shape index (κ3) is 1.77. The van der Waals surface area contributed by atoms with E-state index in [2.05, 4.69) is 0 Å². The van der Waals surface area contributed by atoms with Crippen molar-refractivity contribution >= 4 is 0 Å². The smallest absolute Gasteiger partial charge is 0.123 e. The number of hydrogen-bond acceptors (Lipinski definition) is 2. The van der Waals surface area contributed by atoms with E-state index in [0.717, 1.165) is 24.8 Å². The summed E-state index contributed by atoms with van der Waals surface area (Å²) in [6.07, 6.45) is 3.05. The van der Waals surface area contributed by atoms with Gasteiger partial charge in [0.1, 0.15) is 5.82 Å². The van der Waals surface area contributed by atoms with Gasteiger partial charge in [-0.15, -0.1) is 0 Å². The molecule has 3 heteroatoms. The molecule has 1 aliphatic carbocycles. The fraction of sp³-hybridized carbons (Fsp3) is 0.500. The van der Waals surface area contributed by atoms with Gasteiger partial charge in [0.15, 0.2) is 0 Å². The number of benzene rings is 1. The first-order valence-corrected chi connectivity index (χ1v) is 5.24. The van der Waals surface area contributed by atoms with E-state index in [4.69, 9.17) is 10.5 Å². The summed E-state index contributed by atoms with van der Waals surface area (Å²) in [6, 6.07) is 6.23. The van der Waals surface area contributed by atoms with Gasteiger partial charge in [-0.3, -0.25) is 0 Å². The summed E-state index contributed by atoms with van der Waals surface area (Å²) in [4.78, 5) is 0. The summed E-state index contributed by atoms with van der Waals surface area (Å²) in [5, 5.41) is 0. The summed E-state index contributed by atoms with van der Waals surface area (Å²) in [7, 11) is 1.68. The quantitative estimate of drug-likeness (QED) is 0.829. The van der Waals surface area contributed by atoms with E-state index in [0.29, 0.717) is 0 Å². The second-order valence-electron chi connectivity index (χ2n) is 4.16. The Hall–Kier alpha value is -0.930. The molecular weight excluding hydrogens is 193 g/mol. The van der Waals surface area contributed by atoms with E-state index in [1.54, 1.807) is 13.2 Å². The number of halogens is 1. The minimum absolute atomic E-state index is 0.230. The third-order valence-corrected chi connectivity index (χ3v) is 3.38. The lowest BCUT2D eigenvalue weighted by molar-refractivity contribution is -0.0912. The van der Waals surface area contributed by atoms with Gasteiger partial charge in [-0.2, -0.15) is 0 Å². The van der Waals surface area contributed by atoms with Gasteiger partial charge in [0.05, 0.1) is 11.6 Å². The Labute approximate surface area is 89.2 Å². The van der Waals surface area contributed by atoms with Crippen LogP contribution in [0.4, 0.5) is 4.39 Å². The molecule has 1 saturated carbocycles. The van der Waals surface area contributed by atoms with Crippen LogP contribution in [0.2, 0.25) is 0 Å². The zero-order valence-electron chi connectivity index (χ0n) is 8.87. The lowest BCUT2D eigenvalue weighted by atomic mass is 9.72. The van der Waals surface area contributed by atoms with Gasteiger partial charge in [-0.25, -0.2) is 4.39 Å². The number of methoxy groups -OCH3 is 1. The Balaban J connectivity index is 2.23. The topological polar surface area (TPSA) is 35.2 Å². The summed E-state index contributed by atoms with van der Waals surface area (Å²) in [5.41, 5.74) is 6.67. The molecule has 0 aromatic heterocycles. The number of hydrogen-bond donors (Lipinski definition) is 1. The van der Waals surface area contributed by atoms with Crippen LogP contribution < -0.4 is 5.73 Å². The number of ether oxygens (including phenoxy) is 1. The zero-order chi connectivity index (χ0) is 10.9. The Kier molecular flexibility index (Phi) is 2.76. The zero-order valence-corrected chi connectivity index (χ0v) is 8.87. The molecule has 1 aromatic rings. The van der Waals surface area contributed by atoms with Gasteiger partial charge < -0.3 is 10.5 Å². The number of nitrogens with two attached hydrogens (primary N) is 1. The highest BCUT2D eigenvalue weighted by molar-refractivity contribution is 5.24. The molecule has 0 spiro atoms. The van der Waals surface area contributed by atoms with Gasteiger partial charge >= 0.3 is 0 Å². The Morgan fingerprint density at radius 3 is 2.67 bits per heavy atom. The summed E-state index contributed by atoms with van der Waals surface area (Å²) < 4.78 is 18.5. The highest BCUT2D eigenvalue weighted by Crippen LogP contribution is 2.43. The molecular formula is C12H16FNO. The summed E-state index contributed by atoms with van der Waals surface area (Å²) >= 11 is 0. The maximum absolute atomic E-state index is 13.0. The first kappa shape index (κ1) is 10.6. The summed E-state index contributed by atoms with van der Waals surface area (Å²) in [6.45, 7) is 0. The third-order valence-electron chi connectivity index (χ3n) is 3.38. The molecule has 0 heterocycles. The predicted molar refractivity (Wildman–Crippen MR) is 56.9 cm³/mol. The molecule has 2 nitrogen and oxygen atoms in total. The van der Waals surface area contributed by atoms with Crippen LogP contribution in [0.1, 0.15) is 30.9 Å². The van der Waals surface area contributed by atoms with Crippen LogP contribution in [-0.2, 0) is 4.74 Å². The van der Waals surface area contributed by atoms with Gasteiger partial charge in [0, 0.05) is 7.11 Å². The first-order chi connectivity index (χ1) is 7.18. The molecule has 0 radical (unpaired) electrons. The average Bonchev–Trinajstić information content (AvgIpc) is 2.17. The van der Waals surface area contributed by atoms with Crippen molar-refractivity contribution in [3.63, 3.8) is 0 Å². The highest BCUT2D eigenvalue weighted by atomic mass is 19.1. The van der Waals surface area contributed by atoms with Crippen LogP contribution in [0.25, 0.3) is 0 Å². The molecule has 2 N–H and O–H groups in total. The molecule has 0 saturated heterocycles. The first-order valence-electron chi connectivity index (χ1n) is 5.24. The minimum Gasteiger partial charge on any atom is -0.376 e. The fourth-order valence-electron chi connectivity index (χ4n) is 2.17. The molecule has 2 rings (SSSR count). The maximum Gasteiger partial charge on any atom is 0.123 e. The highest BCUT2D eigenvalue weighted by Gasteiger charge is 2.43. The van der Waals surface area contributed by atoms with Crippen molar-refractivity contribution in [2.75, 3.05) is 7.11 Å². The van der Waals surface area contributed by atoms with Crippen molar-refractivity contribution in [1.29, 1.82) is 0 Å². The van der Waals surface area contributed by atoms with E-state index in [1.165, 1.54) is 12.1 Å². The second kappa shape index (κ2) is 3.91. The largest absolute Gasteiger partial charge is 0.376 e. The standard InChI is InChI=1S/C12H16FNO/c1-15-12(6-3-7-12)11(14)9-4-2-5-10(13)8-9/h2,4-5,8,11H,3,6-7,14H2,1H3. The van der Waals surface area contributed by atoms with Crippen LogP contribution >= 0.6 is 0 Å². The Morgan fingerprint density at radius 2 is 2.20 bits per heavy atom. The van der Waals surface area contributed by atoms with Crippen molar-refractivity contribution in [2.45, 2.75) is 30.9 Å². The minimum atomic E-state index is -0.270. The fourth-order valence-corrected chi connectivity index (χ4v) is 2.17. The maximum atomic E-state index is 13.0. The molecule has 0 aliphatic heterocycles. The van der Waals surface area contributed by atoms with Gasteiger partial charge in [-0.1, -0.05) is 12.1 Å². The lowest BCUT2D eigenvalue weighted by Crippen LogP contribution is -2.48. The Morgan fingerprint density at radius 1 is 1.47 bits per heavy atom. The molecule has 1 unspecified atom stereocenters. The van der Waals surface area contributed by atoms with Crippen molar-refractivity contribution in [2.24, 2.45) is 5.73 Å². The molecule has 15 heavy (non-hydrogen) atoms. The average molecular weight is 209 g/mol. The van der Waals surface area contributed by atoms with E-state index >= 15 is 0 Å². The molecule has 1 aromatic carbocycles. The second-order valence-corrected chi connectivity index (χ2v) is 4.16. The van der Waals surface area contributed by atoms with Crippen molar-refractivity contribution in [1.82, 2.24) is 0 Å². The van der Waals surface area contributed by atoms with Crippen LogP contribution in [0, 0.1) is 5.82 Å². The van der Waals surface area contributed by atoms with Crippen molar-refractivity contribution in [3.8, 4) is 0 Å². The van der Waals surface area contributed by atoms with Crippen LogP contribution in [0.3, 0.4) is 0 Å². The molecule has 1 aliphatic rings. The van der Waals surface area contributed by atoms with E-state index in [9.17, 15) is 4.39 Å². The molecule has 1 atom stereocenters. The number of rotatable bonds is 3. The normalized spacial score (nSPS) is 20.7. The van der Waals surface area contributed by atoms with Crippen LogP contribution in [0.15, 0.2) is 24.3 Å². The van der Waals surface area contributed by atoms with Gasteiger partial charge in [0.25, 0.3) is 0 Å². The molecule has 82 valence electrons. The van der Waals surface area contributed by atoms with E-state index in [1.807, 2.05) is 6.07 Å². The molecule has 0 amide bonds. The SMILES string of the molecule is COC1(C(N)c2cccc(F)c2)CCC1. The molecule has 1 fully saturated rings. The summed E-state index contributed by atoms with van der Waals surface area (Å²) in [5.74, 6) is -0.242. The predicted octanol–water partition coefficient (Wildman–Crippen LogP) is 2.39.